The Balaban J connectivity index is 0.00000220. The molecule has 1 amide bonds. The summed E-state index contributed by atoms with van der Waals surface area (Å²) in [5.41, 5.74) is 0.801. The van der Waals surface area contributed by atoms with Crippen LogP contribution in [0.4, 0.5) is 5.69 Å². The zero-order chi connectivity index (χ0) is 14.2. The molecule has 2 rings (SSSR count). The van der Waals surface area contributed by atoms with E-state index in [1.165, 1.54) is 32.1 Å². The van der Waals surface area contributed by atoms with E-state index in [0.29, 0.717) is 12.5 Å². The summed E-state index contributed by atoms with van der Waals surface area (Å²) in [6, 6.07) is 7.59. The number of amides is 1. The van der Waals surface area contributed by atoms with Crippen LogP contribution in [0.5, 0.6) is 5.75 Å². The van der Waals surface area contributed by atoms with Gasteiger partial charge < -0.3 is 15.4 Å². The van der Waals surface area contributed by atoms with Gasteiger partial charge in [0.1, 0.15) is 5.75 Å². The molecule has 1 aromatic carbocycles. The van der Waals surface area contributed by atoms with Crippen molar-refractivity contribution in [1.29, 1.82) is 0 Å². The molecule has 0 unspecified atom stereocenters. The van der Waals surface area contributed by atoms with Crippen LogP contribution in [0, 0.1) is 5.92 Å². The first-order chi connectivity index (χ1) is 9.78. The first-order valence-electron chi connectivity index (χ1n) is 7.45. The van der Waals surface area contributed by atoms with Gasteiger partial charge in [-0.2, -0.15) is 0 Å². The monoisotopic (exact) mass is 312 g/mol. The Hall–Kier alpha value is -1.26. The van der Waals surface area contributed by atoms with E-state index in [2.05, 4.69) is 10.6 Å². The molecule has 1 fully saturated rings. The van der Waals surface area contributed by atoms with Crippen LogP contribution < -0.4 is 15.4 Å². The van der Waals surface area contributed by atoms with Crippen LogP contribution in [0.25, 0.3) is 0 Å². The van der Waals surface area contributed by atoms with E-state index < -0.39 is 0 Å². The molecule has 0 saturated heterocycles. The van der Waals surface area contributed by atoms with Gasteiger partial charge in [0.25, 0.3) is 0 Å². The lowest BCUT2D eigenvalue weighted by Gasteiger charge is -2.21. The van der Waals surface area contributed by atoms with Gasteiger partial charge in [-0.05, 0) is 50.1 Å². The molecule has 21 heavy (non-hydrogen) atoms. The molecule has 1 aliphatic rings. The quantitative estimate of drug-likeness (QED) is 0.848. The van der Waals surface area contributed by atoms with Crippen LogP contribution in [-0.2, 0) is 4.79 Å². The fraction of sp³-hybridized carbons (Fsp3) is 0.562. The SMILES string of the molecule is CNCC(=O)Nc1ccc(OCC2CCCCC2)cc1.Cl. The van der Waals surface area contributed by atoms with E-state index in [1.807, 2.05) is 24.3 Å². The van der Waals surface area contributed by atoms with Gasteiger partial charge in [0.15, 0.2) is 0 Å². The predicted octanol–water partition coefficient (Wildman–Crippen LogP) is 3.23. The molecule has 2 N–H and O–H groups in total. The van der Waals surface area contributed by atoms with Gasteiger partial charge in [-0.15, -0.1) is 12.4 Å². The van der Waals surface area contributed by atoms with E-state index >= 15 is 0 Å². The number of halogens is 1. The number of hydrogen-bond acceptors (Lipinski definition) is 3. The van der Waals surface area contributed by atoms with Crippen molar-refractivity contribution < 1.29 is 9.53 Å². The molecular formula is C16H25ClN2O2. The normalized spacial score (nSPS) is 15.1. The molecule has 0 atom stereocenters. The summed E-state index contributed by atoms with van der Waals surface area (Å²) in [4.78, 5) is 11.4. The van der Waals surface area contributed by atoms with E-state index in [1.54, 1.807) is 7.05 Å². The summed E-state index contributed by atoms with van der Waals surface area (Å²) >= 11 is 0. The molecule has 0 heterocycles. The molecule has 4 nitrogen and oxygen atoms in total. The molecule has 1 aliphatic carbocycles. The summed E-state index contributed by atoms with van der Waals surface area (Å²) in [5.74, 6) is 1.55. The molecule has 118 valence electrons. The number of carbonyl (C=O) groups excluding carboxylic acids is 1. The molecule has 0 aliphatic heterocycles. The zero-order valence-corrected chi connectivity index (χ0v) is 13.4. The Labute approximate surface area is 133 Å². The summed E-state index contributed by atoms with van der Waals surface area (Å²) in [5, 5.41) is 5.64. The van der Waals surface area contributed by atoms with E-state index in [-0.39, 0.29) is 18.3 Å². The van der Waals surface area contributed by atoms with Gasteiger partial charge in [-0.25, -0.2) is 0 Å². The maximum atomic E-state index is 11.4. The number of anilines is 1. The number of nitrogens with one attached hydrogen (secondary N) is 2. The molecule has 1 saturated carbocycles. The molecular weight excluding hydrogens is 288 g/mol. The minimum Gasteiger partial charge on any atom is -0.493 e. The lowest BCUT2D eigenvalue weighted by atomic mass is 9.90. The van der Waals surface area contributed by atoms with E-state index in [9.17, 15) is 4.79 Å². The number of likely N-dealkylation sites (N-methyl/N-ethyl adjacent to an activating group) is 1. The number of ether oxygens (including phenoxy) is 1. The van der Waals surface area contributed by atoms with Gasteiger partial charge in [0.2, 0.25) is 5.91 Å². The van der Waals surface area contributed by atoms with Crippen molar-refractivity contribution >= 4 is 24.0 Å². The zero-order valence-electron chi connectivity index (χ0n) is 12.6. The van der Waals surface area contributed by atoms with Crippen molar-refractivity contribution in [2.75, 3.05) is 25.5 Å². The van der Waals surface area contributed by atoms with Crippen LogP contribution in [0.3, 0.4) is 0 Å². The van der Waals surface area contributed by atoms with E-state index in [0.717, 1.165) is 18.0 Å². The molecule has 0 radical (unpaired) electrons. The van der Waals surface area contributed by atoms with Crippen molar-refractivity contribution in [3.63, 3.8) is 0 Å². The highest BCUT2D eigenvalue weighted by Gasteiger charge is 2.13. The largest absolute Gasteiger partial charge is 0.493 e. The van der Waals surface area contributed by atoms with E-state index in [4.69, 9.17) is 4.74 Å². The Bertz CT molecular complexity index is 417. The number of carbonyl (C=O) groups is 1. The summed E-state index contributed by atoms with van der Waals surface area (Å²) in [6.45, 7) is 1.13. The van der Waals surface area contributed by atoms with Crippen molar-refractivity contribution in [3.8, 4) is 5.75 Å². The lowest BCUT2D eigenvalue weighted by Crippen LogP contribution is -2.24. The van der Waals surface area contributed by atoms with Crippen molar-refractivity contribution in [3.05, 3.63) is 24.3 Å². The highest BCUT2D eigenvalue weighted by atomic mass is 35.5. The van der Waals surface area contributed by atoms with Crippen LogP contribution in [0.2, 0.25) is 0 Å². The highest BCUT2D eigenvalue weighted by molar-refractivity contribution is 5.92. The van der Waals surface area contributed by atoms with Crippen molar-refractivity contribution in [1.82, 2.24) is 5.32 Å². The van der Waals surface area contributed by atoms with Gasteiger partial charge in [0.05, 0.1) is 13.2 Å². The molecule has 0 spiro atoms. The minimum absolute atomic E-state index is 0. The summed E-state index contributed by atoms with van der Waals surface area (Å²) in [6.07, 6.45) is 6.63. The van der Waals surface area contributed by atoms with Crippen LogP contribution >= 0.6 is 12.4 Å². The third-order valence-corrected chi connectivity index (χ3v) is 3.69. The number of rotatable bonds is 6. The Morgan fingerprint density at radius 3 is 2.48 bits per heavy atom. The Morgan fingerprint density at radius 2 is 1.86 bits per heavy atom. The number of benzene rings is 1. The Morgan fingerprint density at radius 1 is 1.19 bits per heavy atom. The maximum Gasteiger partial charge on any atom is 0.238 e. The molecule has 5 heteroatoms. The van der Waals surface area contributed by atoms with Gasteiger partial charge >= 0.3 is 0 Å². The average Bonchev–Trinajstić information content (AvgIpc) is 2.48. The highest BCUT2D eigenvalue weighted by Crippen LogP contribution is 2.25. The lowest BCUT2D eigenvalue weighted by molar-refractivity contribution is -0.115. The van der Waals surface area contributed by atoms with Crippen LogP contribution in [0.1, 0.15) is 32.1 Å². The fourth-order valence-electron chi connectivity index (χ4n) is 2.57. The second-order valence-corrected chi connectivity index (χ2v) is 5.42. The summed E-state index contributed by atoms with van der Waals surface area (Å²) in [7, 11) is 1.75. The van der Waals surface area contributed by atoms with Gasteiger partial charge in [-0.3, -0.25) is 4.79 Å². The molecule has 0 bridgehead atoms. The van der Waals surface area contributed by atoms with Crippen LogP contribution in [0.15, 0.2) is 24.3 Å². The van der Waals surface area contributed by atoms with Crippen molar-refractivity contribution in [2.45, 2.75) is 32.1 Å². The topological polar surface area (TPSA) is 50.4 Å². The van der Waals surface area contributed by atoms with Gasteiger partial charge in [0, 0.05) is 5.69 Å². The Kier molecular flexibility index (Phi) is 8.16. The van der Waals surface area contributed by atoms with Gasteiger partial charge in [-0.1, -0.05) is 19.3 Å². The fourth-order valence-corrected chi connectivity index (χ4v) is 2.57. The average molecular weight is 313 g/mol. The predicted molar refractivity (Wildman–Crippen MR) is 88.3 cm³/mol. The first-order valence-corrected chi connectivity index (χ1v) is 7.45. The van der Waals surface area contributed by atoms with Crippen LogP contribution in [-0.4, -0.2) is 26.1 Å². The third-order valence-electron chi connectivity index (χ3n) is 3.69. The summed E-state index contributed by atoms with van der Waals surface area (Å²) < 4.78 is 5.83. The molecule has 0 aromatic heterocycles. The first kappa shape index (κ1) is 17.8. The second kappa shape index (κ2) is 9.64. The standard InChI is InChI=1S/C16H24N2O2.ClH/c1-17-11-16(19)18-14-7-9-15(10-8-14)20-12-13-5-3-2-4-6-13;/h7-10,13,17H,2-6,11-12H2,1H3,(H,18,19);1H. The maximum absolute atomic E-state index is 11.4. The van der Waals surface area contributed by atoms with Crippen molar-refractivity contribution in [2.24, 2.45) is 5.92 Å². The molecule has 1 aromatic rings. The minimum atomic E-state index is -0.0385. The third kappa shape index (κ3) is 6.36. The number of hydrogen-bond donors (Lipinski definition) is 2. The second-order valence-electron chi connectivity index (χ2n) is 5.42. The smallest absolute Gasteiger partial charge is 0.238 e.